The number of thiophene rings is 1. The Morgan fingerprint density at radius 2 is 1.93 bits per heavy atom. The maximum absolute atomic E-state index is 3.53. The van der Waals surface area contributed by atoms with E-state index in [-0.39, 0.29) is 0 Å². The first-order valence-electron chi connectivity index (χ1n) is 4.26. The SMILES string of the molecule is Brc1ccsc1SCc1ccccc1. The highest BCUT2D eigenvalue weighted by Gasteiger charge is 2.01. The highest BCUT2D eigenvalue weighted by Crippen LogP contribution is 2.34. The lowest BCUT2D eigenvalue weighted by Gasteiger charge is -1.99. The molecule has 1 aromatic heterocycles. The van der Waals surface area contributed by atoms with Gasteiger partial charge in [-0.25, -0.2) is 0 Å². The van der Waals surface area contributed by atoms with Crippen LogP contribution in [0.5, 0.6) is 0 Å². The molecule has 2 aromatic rings. The summed E-state index contributed by atoms with van der Waals surface area (Å²) in [7, 11) is 0. The smallest absolute Gasteiger partial charge is 0.0744 e. The molecule has 0 nitrogen and oxygen atoms in total. The molecule has 0 unspecified atom stereocenters. The normalized spacial score (nSPS) is 10.4. The summed E-state index contributed by atoms with van der Waals surface area (Å²) in [5, 5.41) is 2.11. The lowest BCUT2D eigenvalue weighted by atomic mass is 10.2. The standard InChI is InChI=1S/C11H9BrS2/c12-10-6-7-13-11(10)14-8-9-4-2-1-3-5-9/h1-7H,8H2. The number of benzene rings is 1. The van der Waals surface area contributed by atoms with Crippen LogP contribution in [0.2, 0.25) is 0 Å². The van der Waals surface area contributed by atoms with E-state index < -0.39 is 0 Å². The van der Waals surface area contributed by atoms with Crippen LogP contribution < -0.4 is 0 Å². The van der Waals surface area contributed by atoms with E-state index >= 15 is 0 Å². The van der Waals surface area contributed by atoms with Crippen LogP contribution in [0, 0.1) is 0 Å². The quantitative estimate of drug-likeness (QED) is 0.730. The molecule has 0 spiro atoms. The molecule has 0 N–H and O–H groups in total. The van der Waals surface area contributed by atoms with Crippen molar-refractivity contribution in [2.45, 2.75) is 9.96 Å². The molecule has 0 fully saturated rings. The molecule has 1 aromatic carbocycles. The van der Waals surface area contributed by atoms with Crippen LogP contribution in [0.4, 0.5) is 0 Å². The Kier molecular flexibility index (Phi) is 3.67. The Balaban J connectivity index is 1.99. The topological polar surface area (TPSA) is 0 Å². The third kappa shape index (κ3) is 2.62. The van der Waals surface area contributed by atoms with Crippen molar-refractivity contribution in [3.63, 3.8) is 0 Å². The third-order valence-electron chi connectivity index (χ3n) is 1.80. The van der Waals surface area contributed by atoms with Crippen LogP contribution in [0.3, 0.4) is 0 Å². The van der Waals surface area contributed by atoms with Gasteiger partial charge in [-0.3, -0.25) is 0 Å². The Bertz CT molecular complexity index is 395. The molecule has 0 bridgehead atoms. The predicted octanol–water partition coefficient (Wildman–Crippen LogP) is 4.80. The lowest BCUT2D eigenvalue weighted by Crippen LogP contribution is -1.77. The Labute approximate surface area is 100 Å². The van der Waals surface area contributed by atoms with Gasteiger partial charge in [0.15, 0.2) is 0 Å². The van der Waals surface area contributed by atoms with E-state index in [1.165, 1.54) is 14.2 Å². The van der Waals surface area contributed by atoms with E-state index in [1.807, 2.05) is 11.8 Å². The van der Waals surface area contributed by atoms with Crippen molar-refractivity contribution in [1.29, 1.82) is 0 Å². The Hall–Kier alpha value is -0.250. The average Bonchev–Trinajstić information content (AvgIpc) is 2.63. The molecular weight excluding hydrogens is 276 g/mol. The number of halogens is 1. The van der Waals surface area contributed by atoms with Gasteiger partial charge < -0.3 is 0 Å². The van der Waals surface area contributed by atoms with Crippen molar-refractivity contribution in [2.24, 2.45) is 0 Å². The summed E-state index contributed by atoms with van der Waals surface area (Å²) in [5.41, 5.74) is 1.37. The molecule has 2 rings (SSSR count). The first-order chi connectivity index (χ1) is 6.86. The molecule has 0 saturated carbocycles. The highest BCUT2D eigenvalue weighted by molar-refractivity contribution is 9.10. The van der Waals surface area contributed by atoms with Gasteiger partial charge in [-0.1, -0.05) is 30.3 Å². The molecule has 72 valence electrons. The van der Waals surface area contributed by atoms with Gasteiger partial charge in [0, 0.05) is 10.2 Å². The van der Waals surface area contributed by atoms with Crippen LogP contribution in [0.25, 0.3) is 0 Å². The van der Waals surface area contributed by atoms with Crippen molar-refractivity contribution in [1.82, 2.24) is 0 Å². The number of rotatable bonds is 3. The molecule has 0 amide bonds. The van der Waals surface area contributed by atoms with Crippen molar-refractivity contribution in [2.75, 3.05) is 0 Å². The highest BCUT2D eigenvalue weighted by atomic mass is 79.9. The molecule has 0 atom stereocenters. The fourth-order valence-electron chi connectivity index (χ4n) is 1.11. The van der Waals surface area contributed by atoms with E-state index in [0.717, 1.165) is 5.75 Å². The van der Waals surface area contributed by atoms with Gasteiger partial charge in [0.25, 0.3) is 0 Å². The van der Waals surface area contributed by atoms with Gasteiger partial charge in [-0.15, -0.1) is 23.1 Å². The van der Waals surface area contributed by atoms with Crippen LogP contribution in [-0.4, -0.2) is 0 Å². The van der Waals surface area contributed by atoms with E-state index in [1.54, 1.807) is 11.3 Å². The van der Waals surface area contributed by atoms with Crippen molar-refractivity contribution in [3.05, 3.63) is 51.8 Å². The molecular formula is C11H9BrS2. The number of hydrogen-bond acceptors (Lipinski definition) is 2. The predicted molar refractivity (Wildman–Crippen MR) is 68.0 cm³/mol. The molecule has 3 heteroatoms. The minimum absolute atomic E-state index is 1.04. The number of hydrogen-bond donors (Lipinski definition) is 0. The van der Waals surface area contributed by atoms with Crippen molar-refractivity contribution >= 4 is 39.0 Å². The zero-order valence-corrected chi connectivity index (χ0v) is 10.7. The first kappa shape index (κ1) is 10.3. The molecule has 1 heterocycles. The summed E-state index contributed by atoms with van der Waals surface area (Å²) in [4.78, 5) is 0. The zero-order chi connectivity index (χ0) is 9.80. The summed E-state index contributed by atoms with van der Waals surface area (Å²) in [6.45, 7) is 0. The van der Waals surface area contributed by atoms with E-state index in [0.29, 0.717) is 0 Å². The Morgan fingerprint density at radius 3 is 2.57 bits per heavy atom. The summed E-state index contributed by atoms with van der Waals surface area (Å²) >= 11 is 7.19. The van der Waals surface area contributed by atoms with Crippen LogP contribution in [0.15, 0.2) is 50.5 Å². The summed E-state index contributed by atoms with van der Waals surface area (Å²) < 4.78 is 2.57. The largest absolute Gasteiger partial charge is 0.136 e. The van der Waals surface area contributed by atoms with E-state index in [9.17, 15) is 0 Å². The molecule has 0 aliphatic carbocycles. The molecule has 0 radical (unpaired) electrons. The van der Waals surface area contributed by atoms with Crippen LogP contribution in [-0.2, 0) is 5.75 Å². The first-order valence-corrected chi connectivity index (χ1v) is 6.92. The Morgan fingerprint density at radius 1 is 1.14 bits per heavy atom. The second kappa shape index (κ2) is 5.01. The second-order valence-corrected chi connectivity index (χ2v) is 5.84. The molecule has 0 aliphatic heterocycles. The molecule has 0 aliphatic rings. The maximum Gasteiger partial charge on any atom is 0.0744 e. The van der Waals surface area contributed by atoms with Crippen LogP contribution >= 0.6 is 39.0 Å². The average molecular weight is 285 g/mol. The van der Waals surface area contributed by atoms with E-state index in [2.05, 4.69) is 57.7 Å². The third-order valence-corrected chi connectivity index (χ3v) is 5.29. The van der Waals surface area contributed by atoms with E-state index in [4.69, 9.17) is 0 Å². The fourth-order valence-corrected chi connectivity index (χ4v) is 3.86. The summed E-state index contributed by atoms with van der Waals surface area (Å²) in [5.74, 6) is 1.04. The maximum atomic E-state index is 3.53. The molecule has 0 saturated heterocycles. The summed E-state index contributed by atoms with van der Waals surface area (Å²) in [6.07, 6.45) is 0. The second-order valence-electron chi connectivity index (χ2n) is 2.83. The summed E-state index contributed by atoms with van der Waals surface area (Å²) in [6, 6.07) is 12.6. The van der Waals surface area contributed by atoms with Gasteiger partial charge in [0.1, 0.15) is 0 Å². The monoisotopic (exact) mass is 284 g/mol. The van der Waals surface area contributed by atoms with Gasteiger partial charge in [0.05, 0.1) is 4.21 Å². The molecule has 14 heavy (non-hydrogen) atoms. The van der Waals surface area contributed by atoms with Crippen molar-refractivity contribution < 1.29 is 0 Å². The zero-order valence-electron chi connectivity index (χ0n) is 7.44. The fraction of sp³-hybridized carbons (Fsp3) is 0.0909. The van der Waals surface area contributed by atoms with Gasteiger partial charge >= 0.3 is 0 Å². The minimum Gasteiger partial charge on any atom is -0.136 e. The number of thioether (sulfide) groups is 1. The van der Waals surface area contributed by atoms with Gasteiger partial charge in [0.2, 0.25) is 0 Å². The van der Waals surface area contributed by atoms with Crippen molar-refractivity contribution in [3.8, 4) is 0 Å². The lowest BCUT2D eigenvalue weighted by molar-refractivity contribution is 1.41. The van der Waals surface area contributed by atoms with Gasteiger partial charge in [-0.05, 0) is 32.9 Å². The van der Waals surface area contributed by atoms with Crippen LogP contribution in [0.1, 0.15) is 5.56 Å². The minimum atomic E-state index is 1.04. The van der Waals surface area contributed by atoms with Gasteiger partial charge in [-0.2, -0.15) is 0 Å².